The van der Waals surface area contributed by atoms with Gasteiger partial charge in [0.25, 0.3) is 5.91 Å². The lowest BCUT2D eigenvalue weighted by Crippen LogP contribution is -2.45. The van der Waals surface area contributed by atoms with Gasteiger partial charge in [-0.2, -0.15) is 0 Å². The summed E-state index contributed by atoms with van der Waals surface area (Å²) in [7, 11) is 0. The van der Waals surface area contributed by atoms with Crippen LogP contribution in [-0.2, 0) is 15.1 Å². The number of hydrogen-bond acceptors (Lipinski definition) is 5. The number of anilines is 1. The van der Waals surface area contributed by atoms with Crippen LogP contribution in [0.2, 0.25) is 0 Å². The van der Waals surface area contributed by atoms with E-state index in [-0.39, 0.29) is 18.3 Å². The van der Waals surface area contributed by atoms with Gasteiger partial charge in [-0.3, -0.25) is 14.5 Å². The van der Waals surface area contributed by atoms with Gasteiger partial charge in [0, 0.05) is 17.7 Å². The van der Waals surface area contributed by atoms with Crippen molar-refractivity contribution in [2.45, 2.75) is 38.0 Å². The summed E-state index contributed by atoms with van der Waals surface area (Å²) >= 11 is 0. The SMILES string of the molecule is C=CC(O)Oc1ccc(C2(c3ccc(OC(=O)CC)cc3)C3=CCCC=C3C(=O)N2c2ccccc2)cc1. The zero-order valence-electron chi connectivity index (χ0n) is 21.2. The molecule has 1 aliphatic heterocycles. The van der Waals surface area contributed by atoms with Gasteiger partial charge >= 0.3 is 5.97 Å². The van der Waals surface area contributed by atoms with E-state index in [4.69, 9.17) is 9.47 Å². The number of carbonyl (C=O) groups excluding carboxylic acids is 2. The smallest absolute Gasteiger partial charge is 0.310 e. The third-order valence-electron chi connectivity index (χ3n) is 6.85. The molecule has 1 N–H and O–H groups in total. The van der Waals surface area contributed by atoms with Crippen molar-refractivity contribution < 1.29 is 24.2 Å². The number of amides is 1. The summed E-state index contributed by atoms with van der Waals surface area (Å²) in [5, 5.41) is 9.86. The zero-order valence-corrected chi connectivity index (χ0v) is 21.2. The average molecular weight is 508 g/mol. The van der Waals surface area contributed by atoms with Crippen LogP contribution >= 0.6 is 0 Å². The van der Waals surface area contributed by atoms with E-state index >= 15 is 0 Å². The molecule has 3 aromatic carbocycles. The van der Waals surface area contributed by atoms with Crippen molar-refractivity contribution in [1.82, 2.24) is 0 Å². The lowest BCUT2D eigenvalue weighted by Gasteiger charge is -2.40. The van der Waals surface area contributed by atoms with E-state index < -0.39 is 11.8 Å². The number of hydrogen-bond donors (Lipinski definition) is 1. The number of ether oxygens (including phenoxy) is 2. The Bertz CT molecular complexity index is 1410. The second-order valence-corrected chi connectivity index (χ2v) is 9.12. The molecular weight excluding hydrogens is 478 g/mol. The highest BCUT2D eigenvalue weighted by Gasteiger charge is 2.55. The van der Waals surface area contributed by atoms with Gasteiger partial charge in [0.05, 0.1) is 0 Å². The summed E-state index contributed by atoms with van der Waals surface area (Å²) in [6.07, 6.45) is 6.23. The molecule has 0 aromatic heterocycles. The number of nitrogens with zero attached hydrogens (tertiary/aromatic N) is 1. The normalized spacial score (nSPS) is 19.2. The van der Waals surface area contributed by atoms with E-state index in [1.165, 1.54) is 6.08 Å². The molecule has 2 atom stereocenters. The molecule has 192 valence electrons. The van der Waals surface area contributed by atoms with Gasteiger partial charge in [-0.1, -0.05) is 68.1 Å². The maximum absolute atomic E-state index is 14.1. The fourth-order valence-corrected chi connectivity index (χ4v) is 5.17. The van der Waals surface area contributed by atoms with Crippen LogP contribution in [-0.4, -0.2) is 23.3 Å². The van der Waals surface area contributed by atoms with Gasteiger partial charge in [0.15, 0.2) is 0 Å². The first kappa shape index (κ1) is 25.2. The molecule has 5 rings (SSSR count). The first-order valence-corrected chi connectivity index (χ1v) is 12.7. The number of carbonyl (C=O) groups is 2. The fraction of sp³-hybridized carbons (Fsp3) is 0.188. The molecule has 1 aliphatic carbocycles. The van der Waals surface area contributed by atoms with Crippen molar-refractivity contribution in [2.75, 3.05) is 4.90 Å². The molecule has 1 fully saturated rings. The molecule has 0 bridgehead atoms. The van der Waals surface area contributed by atoms with Crippen molar-refractivity contribution in [3.63, 3.8) is 0 Å². The molecule has 3 aromatic rings. The quantitative estimate of drug-likeness (QED) is 0.180. The number of fused-ring (bicyclic) bond motifs is 1. The minimum absolute atomic E-state index is 0.0777. The van der Waals surface area contributed by atoms with Crippen molar-refractivity contribution >= 4 is 17.6 Å². The molecular formula is C32H29NO5. The van der Waals surface area contributed by atoms with E-state index in [1.807, 2.05) is 65.6 Å². The Hall–Kier alpha value is -4.42. The van der Waals surface area contributed by atoms with Gasteiger partial charge in [-0.25, -0.2) is 0 Å². The number of para-hydroxylation sites is 1. The second-order valence-electron chi connectivity index (χ2n) is 9.12. The molecule has 0 spiro atoms. The highest BCUT2D eigenvalue weighted by Crippen LogP contribution is 2.54. The lowest BCUT2D eigenvalue weighted by atomic mass is 9.74. The maximum atomic E-state index is 14.1. The van der Waals surface area contributed by atoms with E-state index in [0.29, 0.717) is 17.1 Å². The molecule has 2 unspecified atom stereocenters. The largest absolute Gasteiger partial charge is 0.461 e. The summed E-state index contributed by atoms with van der Waals surface area (Å²) in [6, 6.07) is 24.3. The van der Waals surface area contributed by atoms with Crippen LogP contribution in [0.4, 0.5) is 5.69 Å². The molecule has 1 amide bonds. The van der Waals surface area contributed by atoms with Crippen LogP contribution in [0.1, 0.15) is 37.3 Å². The van der Waals surface area contributed by atoms with Gasteiger partial charge < -0.3 is 14.6 Å². The Balaban J connectivity index is 1.73. The highest BCUT2D eigenvalue weighted by atomic mass is 16.6. The van der Waals surface area contributed by atoms with Crippen LogP contribution in [0.25, 0.3) is 0 Å². The van der Waals surface area contributed by atoms with Crippen molar-refractivity contribution in [1.29, 1.82) is 0 Å². The molecule has 0 radical (unpaired) electrons. The predicted octanol–water partition coefficient (Wildman–Crippen LogP) is 5.82. The number of allylic oxidation sites excluding steroid dienone is 2. The Kier molecular flexibility index (Phi) is 6.99. The van der Waals surface area contributed by atoms with Crippen LogP contribution in [0, 0.1) is 0 Å². The molecule has 38 heavy (non-hydrogen) atoms. The third kappa shape index (κ3) is 4.33. The van der Waals surface area contributed by atoms with Crippen LogP contribution in [0.3, 0.4) is 0 Å². The predicted molar refractivity (Wildman–Crippen MR) is 146 cm³/mol. The zero-order chi connectivity index (χ0) is 26.7. The van der Waals surface area contributed by atoms with Gasteiger partial charge in [0.2, 0.25) is 6.29 Å². The molecule has 0 saturated carbocycles. The lowest BCUT2D eigenvalue weighted by molar-refractivity contribution is -0.134. The first-order valence-electron chi connectivity index (χ1n) is 12.7. The molecule has 2 aliphatic rings. The van der Waals surface area contributed by atoms with Gasteiger partial charge in [-0.05, 0) is 72.0 Å². The molecule has 1 heterocycles. The van der Waals surface area contributed by atoms with E-state index in [1.54, 1.807) is 31.2 Å². The topological polar surface area (TPSA) is 76.1 Å². The van der Waals surface area contributed by atoms with Crippen LogP contribution in [0.15, 0.2) is 115 Å². The van der Waals surface area contributed by atoms with Crippen LogP contribution in [0.5, 0.6) is 11.5 Å². The Labute approximate surface area is 222 Å². The molecule has 1 saturated heterocycles. The van der Waals surface area contributed by atoms with Gasteiger partial charge in [0.1, 0.15) is 17.0 Å². The summed E-state index contributed by atoms with van der Waals surface area (Å²) in [5.74, 6) is 0.530. The number of rotatable bonds is 8. The standard InChI is InChI=1S/C32H29NO5/c1-3-29(34)37-25-18-14-22(15-19-25)32(23-16-20-26(21-17-23)38-30(35)4-2)28-13-9-8-12-27(28)31(36)33(32)24-10-6-5-7-11-24/h3,5-7,10-21,29,34H,1,4,8-9H2,2H3. The summed E-state index contributed by atoms with van der Waals surface area (Å²) in [4.78, 5) is 27.8. The summed E-state index contributed by atoms with van der Waals surface area (Å²) in [6.45, 7) is 5.30. The number of aliphatic hydroxyl groups excluding tert-OH is 1. The minimum Gasteiger partial charge on any atom is -0.461 e. The van der Waals surface area contributed by atoms with Crippen LogP contribution < -0.4 is 14.4 Å². The molecule has 6 nitrogen and oxygen atoms in total. The monoisotopic (exact) mass is 507 g/mol. The first-order chi connectivity index (χ1) is 18.5. The average Bonchev–Trinajstić information content (AvgIpc) is 3.23. The Morgan fingerprint density at radius 3 is 2.18 bits per heavy atom. The number of aliphatic hydroxyl groups is 1. The van der Waals surface area contributed by atoms with Crippen molar-refractivity contribution in [3.05, 3.63) is 126 Å². The Morgan fingerprint density at radius 1 is 0.974 bits per heavy atom. The number of esters is 1. The number of benzene rings is 3. The minimum atomic E-state index is -1.13. The fourth-order valence-electron chi connectivity index (χ4n) is 5.17. The summed E-state index contributed by atoms with van der Waals surface area (Å²) < 4.78 is 10.9. The second kappa shape index (κ2) is 10.5. The van der Waals surface area contributed by atoms with E-state index in [9.17, 15) is 14.7 Å². The van der Waals surface area contributed by atoms with E-state index in [2.05, 4.69) is 12.7 Å². The maximum Gasteiger partial charge on any atom is 0.310 e. The molecule has 6 heteroatoms. The van der Waals surface area contributed by atoms with Crippen molar-refractivity contribution in [3.8, 4) is 11.5 Å². The Morgan fingerprint density at radius 2 is 1.58 bits per heavy atom. The van der Waals surface area contributed by atoms with Gasteiger partial charge in [-0.15, -0.1) is 0 Å². The highest BCUT2D eigenvalue weighted by molar-refractivity contribution is 6.16. The van der Waals surface area contributed by atoms with Crippen molar-refractivity contribution in [2.24, 2.45) is 0 Å². The summed E-state index contributed by atoms with van der Waals surface area (Å²) in [5.41, 5.74) is 3.08. The van der Waals surface area contributed by atoms with E-state index in [0.717, 1.165) is 35.2 Å². The third-order valence-corrected chi connectivity index (χ3v) is 6.85.